The van der Waals surface area contributed by atoms with Gasteiger partial charge in [-0.1, -0.05) is 48.5 Å². The van der Waals surface area contributed by atoms with Crippen molar-refractivity contribution in [3.8, 4) is 5.75 Å². The molecule has 1 aliphatic rings. The molecule has 1 amide bonds. The van der Waals surface area contributed by atoms with Gasteiger partial charge in [0.15, 0.2) is 0 Å². The Hall–Kier alpha value is -4.24. The van der Waals surface area contributed by atoms with E-state index in [-0.39, 0.29) is 11.9 Å². The zero-order valence-electron chi connectivity index (χ0n) is 19.5. The first-order valence-corrected chi connectivity index (χ1v) is 11.5. The Morgan fingerprint density at radius 3 is 2.51 bits per heavy atom. The number of amides is 1. The predicted octanol–water partition coefficient (Wildman–Crippen LogP) is 3.32. The Morgan fingerprint density at radius 1 is 0.943 bits per heavy atom. The lowest BCUT2D eigenvalue weighted by Crippen LogP contribution is -2.48. The Morgan fingerprint density at radius 2 is 1.69 bits per heavy atom. The molecule has 178 valence electrons. The van der Waals surface area contributed by atoms with Crippen molar-refractivity contribution in [2.45, 2.75) is 6.54 Å². The van der Waals surface area contributed by atoms with Crippen LogP contribution in [0.1, 0.15) is 16.2 Å². The second-order valence-electron chi connectivity index (χ2n) is 8.35. The monoisotopic (exact) mass is 469 g/mol. The molecule has 0 spiro atoms. The molecule has 35 heavy (non-hydrogen) atoms. The van der Waals surface area contributed by atoms with Crippen molar-refractivity contribution in [3.05, 3.63) is 78.1 Å². The van der Waals surface area contributed by atoms with Crippen LogP contribution in [0.5, 0.6) is 5.75 Å². The topological polar surface area (TPSA) is 109 Å². The molecule has 0 bridgehead atoms. The fourth-order valence-corrected chi connectivity index (χ4v) is 4.32. The van der Waals surface area contributed by atoms with Crippen molar-refractivity contribution in [1.82, 2.24) is 24.8 Å². The lowest BCUT2D eigenvalue weighted by molar-refractivity contribution is 0.0627. The third-order valence-corrected chi connectivity index (χ3v) is 6.10. The number of methoxy groups -OCH3 is 1. The molecule has 9 nitrogen and oxygen atoms in total. The van der Waals surface area contributed by atoms with E-state index >= 15 is 0 Å². The molecule has 0 unspecified atom stereocenters. The lowest BCUT2D eigenvalue weighted by atomic mass is 10.0. The highest BCUT2D eigenvalue weighted by Crippen LogP contribution is 2.26. The van der Waals surface area contributed by atoms with Crippen LogP contribution in [0.15, 0.2) is 66.7 Å². The van der Waals surface area contributed by atoms with Crippen LogP contribution in [-0.2, 0) is 6.54 Å². The first kappa shape index (κ1) is 22.5. The standard InChI is InChI=1S/C26H27N7O2/c1-35-22-12-5-4-11-21(22)28-26-30-23(29-25(27)31-26)17-32-13-15-33(16-14-32)24(34)20-10-6-8-18-7-2-3-9-19(18)20/h2-12H,13-17H2,1H3,(H3,27,28,29,30,31). The van der Waals surface area contributed by atoms with E-state index in [1.54, 1.807) is 7.11 Å². The van der Waals surface area contributed by atoms with Crippen LogP contribution in [0.2, 0.25) is 0 Å². The highest BCUT2D eigenvalue weighted by molar-refractivity contribution is 6.07. The number of benzene rings is 3. The highest BCUT2D eigenvalue weighted by Gasteiger charge is 2.24. The number of hydrogen-bond acceptors (Lipinski definition) is 8. The van der Waals surface area contributed by atoms with E-state index in [1.807, 2.05) is 71.6 Å². The van der Waals surface area contributed by atoms with Gasteiger partial charge in [0.05, 0.1) is 19.3 Å². The van der Waals surface area contributed by atoms with Gasteiger partial charge in [-0.3, -0.25) is 9.69 Å². The SMILES string of the molecule is COc1ccccc1Nc1nc(N)nc(CN2CCN(C(=O)c3cccc4ccccc34)CC2)n1. The summed E-state index contributed by atoms with van der Waals surface area (Å²) in [6.07, 6.45) is 0. The predicted molar refractivity (Wildman–Crippen MR) is 136 cm³/mol. The highest BCUT2D eigenvalue weighted by atomic mass is 16.5. The number of carbonyl (C=O) groups excluding carboxylic acids is 1. The van der Waals surface area contributed by atoms with Crippen LogP contribution < -0.4 is 15.8 Å². The molecule has 3 aromatic carbocycles. The molecule has 1 aliphatic heterocycles. The number of fused-ring (bicyclic) bond motifs is 1. The zero-order valence-corrected chi connectivity index (χ0v) is 19.5. The van der Waals surface area contributed by atoms with Crippen molar-refractivity contribution >= 4 is 34.3 Å². The van der Waals surface area contributed by atoms with Gasteiger partial charge in [-0.25, -0.2) is 0 Å². The summed E-state index contributed by atoms with van der Waals surface area (Å²) in [4.78, 5) is 30.4. The number of hydrogen-bond donors (Lipinski definition) is 2. The zero-order chi connectivity index (χ0) is 24.2. The molecule has 5 rings (SSSR count). The molecule has 0 atom stereocenters. The van der Waals surface area contributed by atoms with E-state index < -0.39 is 0 Å². The van der Waals surface area contributed by atoms with Gasteiger partial charge >= 0.3 is 0 Å². The number of ether oxygens (including phenoxy) is 1. The van der Waals surface area contributed by atoms with Crippen molar-refractivity contribution in [1.29, 1.82) is 0 Å². The number of nitrogens with two attached hydrogens (primary N) is 1. The summed E-state index contributed by atoms with van der Waals surface area (Å²) in [6.45, 7) is 3.22. The Labute approximate surface area is 203 Å². The number of nitrogen functional groups attached to an aromatic ring is 1. The third kappa shape index (κ3) is 4.99. The van der Waals surface area contributed by atoms with Gasteiger partial charge < -0.3 is 20.7 Å². The maximum atomic E-state index is 13.2. The smallest absolute Gasteiger partial charge is 0.254 e. The number of anilines is 3. The molecule has 2 heterocycles. The molecule has 3 N–H and O–H groups in total. The fraction of sp³-hybridized carbons (Fsp3) is 0.231. The minimum atomic E-state index is 0.0640. The number of nitrogens with zero attached hydrogens (tertiary/aromatic N) is 5. The minimum Gasteiger partial charge on any atom is -0.495 e. The summed E-state index contributed by atoms with van der Waals surface area (Å²) in [5.41, 5.74) is 7.44. The van der Waals surface area contributed by atoms with Crippen LogP contribution in [0.3, 0.4) is 0 Å². The van der Waals surface area contributed by atoms with Crippen LogP contribution in [0.4, 0.5) is 17.6 Å². The Bertz CT molecular complexity index is 1350. The van der Waals surface area contributed by atoms with Gasteiger partial charge in [-0.2, -0.15) is 15.0 Å². The molecule has 0 aliphatic carbocycles. The quantitative estimate of drug-likeness (QED) is 0.443. The summed E-state index contributed by atoms with van der Waals surface area (Å²) in [7, 11) is 1.61. The molecular formula is C26H27N7O2. The van der Waals surface area contributed by atoms with Crippen molar-refractivity contribution in [3.63, 3.8) is 0 Å². The van der Waals surface area contributed by atoms with Crippen molar-refractivity contribution in [2.24, 2.45) is 0 Å². The second-order valence-corrected chi connectivity index (χ2v) is 8.35. The Balaban J connectivity index is 1.24. The number of carbonyl (C=O) groups is 1. The number of aromatic nitrogens is 3. The molecule has 0 radical (unpaired) electrons. The van der Waals surface area contributed by atoms with Gasteiger partial charge in [-0.15, -0.1) is 0 Å². The molecule has 1 aromatic heterocycles. The van der Waals surface area contributed by atoms with E-state index in [9.17, 15) is 4.79 Å². The summed E-state index contributed by atoms with van der Waals surface area (Å²) in [6, 6.07) is 21.4. The molecular weight excluding hydrogens is 442 g/mol. The van der Waals surface area contributed by atoms with Crippen LogP contribution in [0, 0.1) is 0 Å². The summed E-state index contributed by atoms with van der Waals surface area (Å²) < 4.78 is 5.38. The molecule has 9 heteroatoms. The van der Waals surface area contributed by atoms with Gasteiger partial charge in [0, 0.05) is 31.7 Å². The van der Waals surface area contributed by atoms with Crippen molar-refractivity contribution < 1.29 is 9.53 Å². The van der Waals surface area contributed by atoms with E-state index in [2.05, 4.69) is 25.2 Å². The summed E-state index contributed by atoms with van der Waals surface area (Å²) in [5.74, 6) is 1.83. The van der Waals surface area contributed by atoms with Gasteiger partial charge in [0.25, 0.3) is 5.91 Å². The summed E-state index contributed by atoms with van der Waals surface area (Å²) >= 11 is 0. The molecule has 1 fully saturated rings. The Kier molecular flexibility index (Phi) is 6.40. The van der Waals surface area contributed by atoms with Crippen molar-refractivity contribution in [2.75, 3.05) is 44.3 Å². The van der Waals surface area contributed by atoms with Gasteiger partial charge in [-0.05, 0) is 29.0 Å². The number of nitrogens with one attached hydrogen (secondary N) is 1. The molecule has 1 saturated heterocycles. The molecule has 0 saturated carbocycles. The maximum absolute atomic E-state index is 13.2. The third-order valence-electron chi connectivity index (χ3n) is 6.10. The molecule has 4 aromatic rings. The van der Waals surface area contributed by atoms with E-state index in [4.69, 9.17) is 10.5 Å². The number of piperazine rings is 1. The average molecular weight is 470 g/mol. The van der Waals surface area contributed by atoms with E-state index in [0.717, 1.165) is 35.1 Å². The lowest BCUT2D eigenvalue weighted by Gasteiger charge is -2.34. The second kappa shape index (κ2) is 9.94. The van der Waals surface area contributed by atoms with Gasteiger partial charge in [0.1, 0.15) is 11.6 Å². The maximum Gasteiger partial charge on any atom is 0.254 e. The fourth-order valence-electron chi connectivity index (χ4n) is 4.32. The van der Waals surface area contributed by atoms with E-state index in [1.165, 1.54) is 0 Å². The normalized spacial score (nSPS) is 14.1. The first-order chi connectivity index (χ1) is 17.1. The van der Waals surface area contributed by atoms with E-state index in [0.29, 0.717) is 37.2 Å². The van der Waals surface area contributed by atoms with Crippen LogP contribution in [-0.4, -0.2) is 63.9 Å². The average Bonchev–Trinajstić information content (AvgIpc) is 2.88. The number of para-hydroxylation sites is 2. The first-order valence-electron chi connectivity index (χ1n) is 11.5. The summed E-state index contributed by atoms with van der Waals surface area (Å²) in [5, 5.41) is 5.21. The largest absolute Gasteiger partial charge is 0.495 e. The number of rotatable bonds is 6. The minimum absolute atomic E-state index is 0.0640. The van der Waals surface area contributed by atoms with Crippen LogP contribution in [0.25, 0.3) is 10.8 Å². The van der Waals surface area contributed by atoms with Gasteiger partial charge in [0.2, 0.25) is 11.9 Å². The van der Waals surface area contributed by atoms with Crippen LogP contribution >= 0.6 is 0 Å².